The van der Waals surface area contributed by atoms with E-state index in [0.717, 1.165) is 40.1 Å². The molecule has 3 aromatic rings. The van der Waals surface area contributed by atoms with E-state index in [1.54, 1.807) is 11.3 Å². The normalized spacial score (nSPS) is 14.6. The number of thiophene rings is 1. The number of pyridine rings is 1. The maximum Gasteiger partial charge on any atom is 0.142 e. The number of benzene rings is 1. The molecule has 1 saturated carbocycles. The molecule has 0 aliphatic heterocycles. The second-order valence-corrected chi connectivity index (χ2v) is 9.38. The summed E-state index contributed by atoms with van der Waals surface area (Å²) >= 11 is 1.67. The van der Waals surface area contributed by atoms with E-state index in [1.807, 2.05) is 11.4 Å². The monoisotopic (exact) mass is 425 g/mol. The molecular weight excluding hydrogens is 398 g/mol. The largest absolute Gasteiger partial charge is 0.369 e. The minimum Gasteiger partial charge on any atom is -0.369 e. The molecule has 0 bridgehead atoms. The molecule has 4 heteroatoms. The average molecular weight is 426 g/mol. The van der Waals surface area contributed by atoms with Gasteiger partial charge in [0.1, 0.15) is 17.2 Å². The second kappa shape index (κ2) is 8.61. The number of terminal acetylenes is 1. The minimum atomic E-state index is 0.757. The highest BCUT2D eigenvalue weighted by molar-refractivity contribution is 7.13. The van der Waals surface area contributed by atoms with Gasteiger partial charge in [0.15, 0.2) is 0 Å². The first-order valence-electron chi connectivity index (χ1n) is 11.1. The molecule has 0 unspecified atom stereocenters. The van der Waals surface area contributed by atoms with E-state index in [0.29, 0.717) is 0 Å². The van der Waals surface area contributed by atoms with Crippen LogP contribution in [0.3, 0.4) is 0 Å². The lowest BCUT2D eigenvalue weighted by Gasteiger charge is -2.22. The Morgan fingerprint density at radius 3 is 2.61 bits per heavy atom. The highest BCUT2D eigenvalue weighted by Crippen LogP contribution is 2.36. The predicted molar refractivity (Wildman–Crippen MR) is 132 cm³/mol. The molecule has 0 atom stereocenters. The smallest absolute Gasteiger partial charge is 0.142 e. The van der Waals surface area contributed by atoms with Crippen molar-refractivity contribution in [2.24, 2.45) is 5.92 Å². The Morgan fingerprint density at radius 1 is 1.13 bits per heavy atom. The lowest BCUT2D eigenvalue weighted by molar-refractivity contribution is 0.373. The number of aryl methyl sites for hydroxylation is 1. The summed E-state index contributed by atoms with van der Waals surface area (Å²) in [6.45, 7) is 3.11. The molecule has 3 aromatic heterocycles. The Bertz CT molecular complexity index is 1230. The number of rotatable bonds is 4. The molecular formula is C27H27N3S. The molecule has 3 heterocycles. The number of nitrogens with zero attached hydrogens (tertiary/aromatic N) is 2. The van der Waals surface area contributed by atoms with Crippen LogP contribution < -0.4 is 5.32 Å². The zero-order valence-corrected chi connectivity index (χ0v) is 18.7. The molecule has 0 aromatic carbocycles. The van der Waals surface area contributed by atoms with Crippen LogP contribution in [0.1, 0.15) is 43.2 Å². The Balaban J connectivity index is 0.000000289. The van der Waals surface area contributed by atoms with Gasteiger partial charge in [-0.3, -0.25) is 4.40 Å². The van der Waals surface area contributed by atoms with Gasteiger partial charge in [-0.05, 0) is 66.0 Å². The number of imidazole rings is 1. The fourth-order valence-corrected chi connectivity index (χ4v) is 5.29. The third-order valence-electron chi connectivity index (χ3n) is 6.28. The van der Waals surface area contributed by atoms with Gasteiger partial charge in [-0.2, -0.15) is 0 Å². The van der Waals surface area contributed by atoms with Crippen LogP contribution in [0, 0.1) is 25.2 Å². The Labute approximate surface area is 188 Å². The summed E-state index contributed by atoms with van der Waals surface area (Å²) < 4.78 is 2.17. The van der Waals surface area contributed by atoms with Crippen LogP contribution in [0.25, 0.3) is 27.3 Å². The number of nitrogens with one attached hydrogen (secondary N) is 1. The summed E-state index contributed by atoms with van der Waals surface area (Å²) in [6.07, 6.45) is 14.5. The van der Waals surface area contributed by atoms with E-state index in [1.165, 1.54) is 48.8 Å². The van der Waals surface area contributed by atoms with Crippen molar-refractivity contribution < 1.29 is 0 Å². The number of aromatic nitrogens is 2. The third-order valence-corrected chi connectivity index (χ3v) is 7.20. The first kappa shape index (κ1) is 19.9. The summed E-state index contributed by atoms with van der Waals surface area (Å²) in [5, 5.41) is 5.76. The Kier molecular flexibility index (Phi) is 5.53. The molecule has 3 aliphatic rings. The maximum atomic E-state index is 5.70. The zero-order valence-electron chi connectivity index (χ0n) is 17.9. The molecule has 3 nitrogen and oxygen atoms in total. The maximum absolute atomic E-state index is 5.70. The lowest BCUT2D eigenvalue weighted by atomic mass is 9.89. The number of anilines is 1. The van der Waals surface area contributed by atoms with Crippen LogP contribution >= 0.6 is 11.3 Å². The van der Waals surface area contributed by atoms with Crippen molar-refractivity contribution in [1.29, 1.82) is 0 Å². The van der Waals surface area contributed by atoms with Crippen LogP contribution in [0.2, 0.25) is 0 Å². The summed E-state index contributed by atoms with van der Waals surface area (Å²) in [7, 11) is 0. The van der Waals surface area contributed by atoms with Gasteiger partial charge in [-0.1, -0.05) is 49.4 Å². The fraction of sp³-hybridized carbons (Fsp3) is 0.296. The molecule has 0 spiro atoms. The molecule has 0 saturated heterocycles. The summed E-state index contributed by atoms with van der Waals surface area (Å²) in [5.74, 6) is 4.63. The summed E-state index contributed by atoms with van der Waals surface area (Å²) in [4.78, 5) is 6.02. The average Bonchev–Trinajstić information content (AvgIpc) is 3.18. The van der Waals surface area contributed by atoms with Crippen molar-refractivity contribution in [2.75, 3.05) is 11.9 Å². The van der Waals surface area contributed by atoms with Crippen LogP contribution in [0.15, 0.2) is 54.0 Å². The highest BCUT2D eigenvalue weighted by Gasteiger charge is 2.20. The van der Waals surface area contributed by atoms with Gasteiger partial charge in [0.05, 0.1) is 4.88 Å². The standard InChI is InChI=1S/C21H23N3S.C6H4/c1-3-17-11-13-25-19(17)18-21(22-14-16-9-5-4-6-10-16)24-12-7-8-15(2)20(24)23-18;1-2-5-4-6(5)3-1/h1,7-8,11-13,16,22H,4-6,9-10,14H2,2H3;1-4H. The number of fused-ring (bicyclic) bond motifs is 2. The van der Waals surface area contributed by atoms with Gasteiger partial charge in [0, 0.05) is 18.3 Å². The van der Waals surface area contributed by atoms with Gasteiger partial charge >= 0.3 is 0 Å². The van der Waals surface area contributed by atoms with E-state index >= 15 is 0 Å². The van der Waals surface area contributed by atoms with Crippen LogP contribution in [-0.2, 0) is 0 Å². The molecule has 3 aliphatic carbocycles. The molecule has 6 rings (SSSR count). The summed E-state index contributed by atoms with van der Waals surface area (Å²) in [5.41, 5.74) is 6.93. The fourth-order valence-electron chi connectivity index (χ4n) is 4.45. The Hall–Kier alpha value is -3.03. The van der Waals surface area contributed by atoms with Gasteiger partial charge in [-0.25, -0.2) is 4.98 Å². The molecule has 1 N–H and O–H groups in total. The molecule has 0 amide bonds. The quantitative estimate of drug-likeness (QED) is 0.314. The van der Waals surface area contributed by atoms with Gasteiger partial charge in [-0.15, -0.1) is 17.8 Å². The molecule has 1 fully saturated rings. The molecule has 156 valence electrons. The van der Waals surface area contributed by atoms with Gasteiger partial charge in [0.2, 0.25) is 0 Å². The topological polar surface area (TPSA) is 29.3 Å². The van der Waals surface area contributed by atoms with Crippen LogP contribution in [-0.4, -0.2) is 15.9 Å². The van der Waals surface area contributed by atoms with Gasteiger partial charge < -0.3 is 5.32 Å². The van der Waals surface area contributed by atoms with Crippen molar-refractivity contribution in [3.63, 3.8) is 0 Å². The zero-order chi connectivity index (χ0) is 21.2. The van der Waals surface area contributed by atoms with E-state index < -0.39 is 0 Å². The number of hydrogen-bond donors (Lipinski definition) is 1. The Morgan fingerprint density at radius 2 is 1.94 bits per heavy atom. The van der Waals surface area contributed by atoms with Crippen molar-refractivity contribution in [1.82, 2.24) is 9.38 Å². The first-order chi connectivity index (χ1) is 15.2. The highest BCUT2D eigenvalue weighted by atomic mass is 32.1. The van der Waals surface area contributed by atoms with Gasteiger partial charge in [0.25, 0.3) is 0 Å². The summed E-state index contributed by atoms with van der Waals surface area (Å²) in [6, 6.07) is 14.7. The van der Waals surface area contributed by atoms with Crippen molar-refractivity contribution >= 4 is 22.8 Å². The van der Waals surface area contributed by atoms with E-state index in [9.17, 15) is 0 Å². The van der Waals surface area contributed by atoms with Crippen molar-refractivity contribution in [3.05, 3.63) is 65.2 Å². The molecule has 0 radical (unpaired) electrons. The van der Waals surface area contributed by atoms with Crippen molar-refractivity contribution in [3.8, 4) is 34.0 Å². The van der Waals surface area contributed by atoms with Crippen molar-refractivity contribution in [2.45, 2.75) is 39.0 Å². The van der Waals surface area contributed by atoms with E-state index in [2.05, 4.69) is 65.2 Å². The van der Waals surface area contributed by atoms with Crippen LogP contribution in [0.5, 0.6) is 0 Å². The van der Waals surface area contributed by atoms with E-state index in [4.69, 9.17) is 11.4 Å². The molecule has 31 heavy (non-hydrogen) atoms. The number of hydrogen-bond acceptors (Lipinski definition) is 3. The van der Waals surface area contributed by atoms with E-state index in [-0.39, 0.29) is 0 Å². The van der Waals surface area contributed by atoms with Crippen LogP contribution in [0.4, 0.5) is 5.82 Å². The lowest BCUT2D eigenvalue weighted by Crippen LogP contribution is -2.18. The SMILES string of the molecule is C#Cc1ccsc1-c1nc2c(C)cccn2c1NCC1CCCCC1.c1cc2cc-2c1. The first-order valence-corrected chi connectivity index (χ1v) is 12.0. The predicted octanol–water partition coefficient (Wildman–Crippen LogP) is 7.01. The third kappa shape index (κ3) is 4.11. The minimum absolute atomic E-state index is 0.757. The second-order valence-electron chi connectivity index (χ2n) is 8.47.